The van der Waals surface area contributed by atoms with E-state index in [-0.39, 0.29) is 6.42 Å². The van der Waals surface area contributed by atoms with Gasteiger partial charge in [-0.2, -0.15) is 0 Å². The van der Waals surface area contributed by atoms with Crippen LogP contribution >= 0.6 is 0 Å². The molecule has 0 bridgehead atoms. The molecule has 30 heavy (non-hydrogen) atoms. The van der Waals surface area contributed by atoms with Crippen LogP contribution in [0, 0.1) is 5.92 Å². The second kappa shape index (κ2) is 15.9. The zero-order chi connectivity index (χ0) is 22.2. The summed E-state index contributed by atoms with van der Waals surface area (Å²) in [6.45, 7) is 4.73. The summed E-state index contributed by atoms with van der Waals surface area (Å²) in [5.41, 5.74) is 0.404. The Bertz CT molecular complexity index is 576. The highest BCUT2D eigenvalue weighted by atomic mass is 16.5. The quantitative estimate of drug-likeness (QED) is 0.149. The third kappa shape index (κ3) is 11.9. The van der Waals surface area contributed by atoms with Gasteiger partial charge < -0.3 is 20.1 Å². The summed E-state index contributed by atoms with van der Waals surface area (Å²) in [4.78, 5) is 12.0. The summed E-state index contributed by atoms with van der Waals surface area (Å²) in [5, 5.41) is 28.3. The molecular formula is C25H42O5. The molecule has 0 aliphatic rings. The normalized spacial score (nSPS) is 12.1. The monoisotopic (exact) mass is 422 g/mol. The van der Waals surface area contributed by atoms with Gasteiger partial charge in [0.1, 0.15) is 0 Å². The van der Waals surface area contributed by atoms with Crippen molar-refractivity contribution in [3.05, 3.63) is 17.7 Å². The summed E-state index contributed by atoms with van der Waals surface area (Å²) in [6.07, 6.45) is 17.0. The van der Waals surface area contributed by atoms with E-state index in [1.54, 1.807) is 0 Å². The number of carbonyl (C=O) groups is 1. The first kappa shape index (κ1) is 26.1. The van der Waals surface area contributed by atoms with Crippen molar-refractivity contribution in [3.8, 4) is 17.2 Å². The minimum absolute atomic E-state index is 0.0489. The Balaban J connectivity index is 2.00. The van der Waals surface area contributed by atoms with E-state index in [1.807, 2.05) is 0 Å². The Hall–Kier alpha value is -1.91. The second-order valence-corrected chi connectivity index (χ2v) is 8.63. The Kier molecular flexibility index (Phi) is 13.8. The number of benzene rings is 1. The SMILES string of the molecule is CCCCCCCCCCCCCCC(C)COC(=O)Cc1cc(O)c(O)c(O)c1. The van der Waals surface area contributed by atoms with Crippen molar-refractivity contribution in [2.45, 2.75) is 104 Å². The standard InChI is InChI=1S/C25H42O5/c1-3-4-5-6-7-8-9-10-11-12-13-14-15-20(2)19-30-24(28)18-21-16-22(26)25(29)23(27)17-21/h16-17,20,26-27,29H,3-15,18-19H2,1-2H3. The zero-order valence-corrected chi connectivity index (χ0v) is 19.0. The van der Waals surface area contributed by atoms with Crippen molar-refractivity contribution in [1.29, 1.82) is 0 Å². The Morgan fingerprint density at radius 1 is 0.833 bits per heavy atom. The van der Waals surface area contributed by atoms with Crippen LogP contribution in [0.15, 0.2) is 12.1 Å². The van der Waals surface area contributed by atoms with Crippen LogP contribution in [0.2, 0.25) is 0 Å². The highest BCUT2D eigenvalue weighted by Crippen LogP contribution is 2.35. The molecule has 0 amide bonds. The van der Waals surface area contributed by atoms with E-state index < -0.39 is 23.2 Å². The van der Waals surface area contributed by atoms with E-state index >= 15 is 0 Å². The highest BCUT2D eigenvalue weighted by Gasteiger charge is 2.13. The number of aromatic hydroxyl groups is 3. The molecule has 0 fully saturated rings. The number of phenols is 3. The van der Waals surface area contributed by atoms with Gasteiger partial charge in [0.2, 0.25) is 0 Å². The lowest BCUT2D eigenvalue weighted by molar-refractivity contribution is -0.144. The van der Waals surface area contributed by atoms with Crippen molar-refractivity contribution < 1.29 is 24.9 Å². The minimum atomic E-state index is -0.580. The lowest BCUT2D eigenvalue weighted by Crippen LogP contribution is -2.14. The minimum Gasteiger partial charge on any atom is -0.504 e. The molecule has 0 aromatic heterocycles. The molecule has 5 heteroatoms. The topological polar surface area (TPSA) is 87.0 Å². The molecule has 0 radical (unpaired) electrons. The molecule has 1 rings (SSSR count). The summed E-state index contributed by atoms with van der Waals surface area (Å²) in [5.74, 6) is -1.56. The number of unbranched alkanes of at least 4 members (excludes halogenated alkanes) is 11. The van der Waals surface area contributed by atoms with Crippen LogP contribution in [-0.2, 0) is 16.0 Å². The Morgan fingerprint density at radius 2 is 1.30 bits per heavy atom. The molecule has 1 unspecified atom stereocenters. The van der Waals surface area contributed by atoms with Crippen molar-refractivity contribution in [3.63, 3.8) is 0 Å². The molecule has 172 valence electrons. The van der Waals surface area contributed by atoms with Gasteiger partial charge in [0.05, 0.1) is 13.0 Å². The maximum absolute atomic E-state index is 12.0. The zero-order valence-electron chi connectivity index (χ0n) is 19.0. The predicted molar refractivity (Wildman–Crippen MR) is 121 cm³/mol. The van der Waals surface area contributed by atoms with E-state index in [0.29, 0.717) is 18.1 Å². The Morgan fingerprint density at radius 3 is 1.80 bits per heavy atom. The van der Waals surface area contributed by atoms with Gasteiger partial charge in [-0.1, -0.05) is 90.9 Å². The molecule has 1 aromatic carbocycles. The molecule has 3 N–H and O–H groups in total. The predicted octanol–water partition coefficient (Wildman–Crippen LogP) is 6.62. The molecule has 1 aromatic rings. The molecule has 1 atom stereocenters. The average Bonchev–Trinajstić information content (AvgIpc) is 2.71. The lowest BCUT2D eigenvalue weighted by atomic mass is 10.0. The third-order valence-corrected chi connectivity index (χ3v) is 5.56. The Labute approximate surface area is 182 Å². The van der Waals surface area contributed by atoms with E-state index in [4.69, 9.17) is 4.74 Å². The van der Waals surface area contributed by atoms with Crippen LogP contribution in [-0.4, -0.2) is 27.9 Å². The average molecular weight is 423 g/mol. The van der Waals surface area contributed by atoms with Crippen molar-refractivity contribution in [2.24, 2.45) is 5.92 Å². The van der Waals surface area contributed by atoms with Gasteiger partial charge in [-0.25, -0.2) is 0 Å². The van der Waals surface area contributed by atoms with Crippen molar-refractivity contribution in [2.75, 3.05) is 6.61 Å². The van der Waals surface area contributed by atoms with Crippen LogP contribution < -0.4 is 0 Å². The number of hydrogen-bond donors (Lipinski definition) is 3. The first-order valence-corrected chi connectivity index (χ1v) is 11.8. The summed E-state index contributed by atoms with van der Waals surface area (Å²) in [6, 6.07) is 2.51. The van der Waals surface area contributed by atoms with Crippen LogP contribution in [0.1, 0.15) is 103 Å². The first-order valence-electron chi connectivity index (χ1n) is 11.8. The summed E-state index contributed by atoms with van der Waals surface area (Å²) < 4.78 is 5.31. The van der Waals surface area contributed by atoms with Gasteiger partial charge in [-0.05, 0) is 30.0 Å². The summed E-state index contributed by atoms with van der Waals surface area (Å²) >= 11 is 0. The van der Waals surface area contributed by atoms with Crippen LogP contribution in [0.4, 0.5) is 0 Å². The van der Waals surface area contributed by atoms with E-state index in [9.17, 15) is 20.1 Å². The molecule has 0 saturated carbocycles. The fourth-order valence-corrected chi connectivity index (χ4v) is 3.63. The van der Waals surface area contributed by atoms with E-state index in [2.05, 4.69) is 13.8 Å². The number of hydrogen-bond acceptors (Lipinski definition) is 5. The maximum Gasteiger partial charge on any atom is 0.310 e. The molecule has 0 aliphatic heterocycles. The third-order valence-electron chi connectivity index (χ3n) is 5.56. The van der Waals surface area contributed by atoms with Gasteiger partial charge in [0, 0.05) is 0 Å². The number of phenolic OH excluding ortho intramolecular Hbond substituents is 3. The van der Waals surface area contributed by atoms with E-state index in [0.717, 1.165) is 12.8 Å². The van der Waals surface area contributed by atoms with Crippen LogP contribution in [0.3, 0.4) is 0 Å². The van der Waals surface area contributed by atoms with Crippen LogP contribution in [0.5, 0.6) is 17.2 Å². The van der Waals surface area contributed by atoms with Gasteiger partial charge >= 0.3 is 5.97 Å². The fraction of sp³-hybridized carbons (Fsp3) is 0.720. The molecule has 5 nitrogen and oxygen atoms in total. The molecular weight excluding hydrogens is 380 g/mol. The fourth-order valence-electron chi connectivity index (χ4n) is 3.63. The van der Waals surface area contributed by atoms with Gasteiger partial charge in [-0.15, -0.1) is 0 Å². The smallest absolute Gasteiger partial charge is 0.310 e. The van der Waals surface area contributed by atoms with E-state index in [1.165, 1.54) is 82.8 Å². The molecule has 0 heterocycles. The highest BCUT2D eigenvalue weighted by molar-refractivity contribution is 5.73. The molecule has 0 spiro atoms. The number of carbonyl (C=O) groups excluding carboxylic acids is 1. The maximum atomic E-state index is 12.0. The van der Waals surface area contributed by atoms with Gasteiger partial charge in [0.15, 0.2) is 17.2 Å². The van der Waals surface area contributed by atoms with Gasteiger partial charge in [0.25, 0.3) is 0 Å². The second-order valence-electron chi connectivity index (χ2n) is 8.63. The van der Waals surface area contributed by atoms with Gasteiger partial charge in [-0.3, -0.25) is 4.79 Å². The number of esters is 1. The van der Waals surface area contributed by atoms with Crippen molar-refractivity contribution >= 4 is 5.97 Å². The number of ether oxygens (including phenoxy) is 1. The molecule has 0 aliphatic carbocycles. The van der Waals surface area contributed by atoms with Crippen molar-refractivity contribution in [1.82, 2.24) is 0 Å². The van der Waals surface area contributed by atoms with Crippen LogP contribution in [0.25, 0.3) is 0 Å². The summed E-state index contributed by atoms with van der Waals surface area (Å²) in [7, 11) is 0. The largest absolute Gasteiger partial charge is 0.504 e. The molecule has 0 saturated heterocycles. The lowest BCUT2D eigenvalue weighted by Gasteiger charge is -2.12. The number of rotatable bonds is 17. The first-order chi connectivity index (χ1) is 14.4.